The molecule has 0 spiro atoms. The van der Waals surface area contributed by atoms with Gasteiger partial charge in [-0.15, -0.1) is 5.10 Å². The Morgan fingerprint density at radius 3 is 2.62 bits per heavy atom. The number of hydrogen-bond donors (Lipinski definition) is 1. The summed E-state index contributed by atoms with van der Waals surface area (Å²) in [5.41, 5.74) is 9.60. The second-order valence-electron chi connectivity index (χ2n) is 4.98. The average molecular weight is 283 g/mol. The zero-order chi connectivity index (χ0) is 15.0. The van der Waals surface area contributed by atoms with Gasteiger partial charge in [0.15, 0.2) is 5.82 Å². The second-order valence-corrected chi connectivity index (χ2v) is 4.98. The fourth-order valence-corrected chi connectivity index (χ4v) is 2.24. The summed E-state index contributed by atoms with van der Waals surface area (Å²) in [5.74, 6) is 0.310. The lowest BCUT2D eigenvalue weighted by Crippen LogP contribution is -2.01. The van der Waals surface area contributed by atoms with Crippen LogP contribution in [0.2, 0.25) is 0 Å². The van der Waals surface area contributed by atoms with Gasteiger partial charge < -0.3 is 5.73 Å². The van der Waals surface area contributed by atoms with E-state index in [0.29, 0.717) is 22.8 Å². The van der Waals surface area contributed by atoms with Crippen LogP contribution in [0, 0.1) is 19.7 Å². The van der Waals surface area contributed by atoms with Crippen molar-refractivity contribution in [3.8, 4) is 17.1 Å². The first-order valence-electron chi connectivity index (χ1n) is 6.47. The number of anilines is 1. The molecule has 0 aliphatic heterocycles. The molecule has 0 bridgehead atoms. The van der Waals surface area contributed by atoms with Crippen molar-refractivity contribution >= 4 is 5.69 Å². The lowest BCUT2D eigenvalue weighted by Gasteiger charge is -2.07. The number of halogens is 1. The summed E-state index contributed by atoms with van der Waals surface area (Å²) in [7, 11) is 0. The van der Waals surface area contributed by atoms with Crippen LogP contribution < -0.4 is 5.73 Å². The molecule has 1 heterocycles. The molecule has 0 fully saturated rings. The third-order valence-corrected chi connectivity index (χ3v) is 3.21. The fraction of sp³-hybridized carbons (Fsp3) is 0.133. The van der Waals surface area contributed by atoms with E-state index in [4.69, 9.17) is 5.73 Å². The van der Waals surface area contributed by atoms with Crippen molar-refractivity contribution < 1.29 is 4.39 Å². The Morgan fingerprint density at radius 1 is 1.10 bits per heavy atom. The van der Waals surface area contributed by atoms with Gasteiger partial charge in [0.05, 0.1) is 5.69 Å². The Balaban J connectivity index is 2.14. The van der Waals surface area contributed by atoms with Crippen LogP contribution in [0.1, 0.15) is 11.1 Å². The first-order chi connectivity index (χ1) is 10.0. The highest BCUT2D eigenvalue weighted by atomic mass is 19.1. The first-order valence-corrected chi connectivity index (χ1v) is 6.47. The second kappa shape index (κ2) is 4.97. The van der Waals surface area contributed by atoms with Gasteiger partial charge in [-0.1, -0.05) is 0 Å². The highest BCUT2D eigenvalue weighted by molar-refractivity contribution is 5.64. The number of tetrazole rings is 1. The van der Waals surface area contributed by atoms with E-state index in [9.17, 15) is 4.39 Å². The Kier molecular flexibility index (Phi) is 3.13. The highest BCUT2D eigenvalue weighted by Crippen LogP contribution is 2.23. The van der Waals surface area contributed by atoms with E-state index >= 15 is 0 Å². The quantitative estimate of drug-likeness (QED) is 0.734. The molecule has 5 nitrogen and oxygen atoms in total. The van der Waals surface area contributed by atoms with E-state index in [-0.39, 0.29) is 5.82 Å². The van der Waals surface area contributed by atoms with Gasteiger partial charge in [0.2, 0.25) is 0 Å². The Labute approximate surface area is 121 Å². The number of benzene rings is 2. The van der Waals surface area contributed by atoms with Gasteiger partial charge in [0.25, 0.3) is 0 Å². The fourth-order valence-electron chi connectivity index (χ4n) is 2.24. The van der Waals surface area contributed by atoms with Gasteiger partial charge in [0.1, 0.15) is 5.82 Å². The van der Waals surface area contributed by atoms with Crippen molar-refractivity contribution in [2.45, 2.75) is 13.8 Å². The van der Waals surface area contributed by atoms with Crippen LogP contribution in [0.4, 0.5) is 10.1 Å². The summed E-state index contributed by atoms with van der Waals surface area (Å²) in [6.07, 6.45) is 0. The normalized spacial score (nSPS) is 10.8. The predicted molar refractivity (Wildman–Crippen MR) is 78.4 cm³/mol. The molecule has 2 N–H and O–H groups in total. The standard InChI is InChI=1S/C15H14FN5/c1-9-5-11(8-12(17)6-9)15-18-19-20-21(15)13-3-4-14(16)10(2)7-13/h3-8H,17H2,1-2H3. The Hall–Kier alpha value is -2.76. The molecule has 0 aliphatic rings. The van der Waals surface area contributed by atoms with Gasteiger partial charge in [-0.25, -0.2) is 4.39 Å². The highest BCUT2D eigenvalue weighted by Gasteiger charge is 2.12. The SMILES string of the molecule is Cc1cc(N)cc(-c2nnnn2-c2ccc(F)c(C)c2)c1. The maximum atomic E-state index is 13.4. The molecule has 106 valence electrons. The third-order valence-electron chi connectivity index (χ3n) is 3.21. The number of rotatable bonds is 2. The number of nitrogens with two attached hydrogens (primary N) is 1. The Morgan fingerprint density at radius 2 is 1.90 bits per heavy atom. The zero-order valence-corrected chi connectivity index (χ0v) is 11.7. The Bertz CT molecular complexity index is 789. The molecule has 6 heteroatoms. The van der Waals surface area contributed by atoms with Gasteiger partial charge in [-0.2, -0.15) is 4.68 Å². The van der Waals surface area contributed by atoms with E-state index in [1.54, 1.807) is 23.7 Å². The lowest BCUT2D eigenvalue weighted by atomic mass is 10.1. The molecule has 0 saturated heterocycles. The van der Waals surface area contributed by atoms with E-state index in [2.05, 4.69) is 15.5 Å². The monoisotopic (exact) mass is 283 g/mol. The summed E-state index contributed by atoms with van der Waals surface area (Å²) < 4.78 is 15.0. The van der Waals surface area contributed by atoms with E-state index in [1.165, 1.54) is 6.07 Å². The molecule has 0 atom stereocenters. The van der Waals surface area contributed by atoms with Gasteiger partial charge in [-0.05, 0) is 71.8 Å². The van der Waals surface area contributed by atoms with E-state index in [1.807, 2.05) is 25.1 Å². The lowest BCUT2D eigenvalue weighted by molar-refractivity contribution is 0.617. The van der Waals surface area contributed by atoms with Crippen molar-refractivity contribution in [1.29, 1.82) is 0 Å². The molecule has 0 radical (unpaired) electrons. The van der Waals surface area contributed by atoms with Crippen molar-refractivity contribution in [1.82, 2.24) is 20.2 Å². The minimum atomic E-state index is -0.256. The summed E-state index contributed by atoms with van der Waals surface area (Å²) in [6.45, 7) is 3.66. The number of hydrogen-bond acceptors (Lipinski definition) is 4. The van der Waals surface area contributed by atoms with Crippen LogP contribution in [0.3, 0.4) is 0 Å². The molecular formula is C15H14FN5. The van der Waals surface area contributed by atoms with Gasteiger partial charge in [-0.3, -0.25) is 0 Å². The minimum absolute atomic E-state index is 0.256. The molecule has 1 aromatic heterocycles. The molecule has 0 amide bonds. The summed E-state index contributed by atoms with van der Waals surface area (Å²) >= 11 is 0. The first kappa shape index (κ1) is 13.2. The largest absolute Gasteiger partial charge is 0.399 e. The van der Waals surface area contributed by atoms with Crippen molar-refractivity contribution in [2.75, 3.05) is 5.73 Å². The van der Waals surface area contributed by atoms with E-state index < -0.39 is 0 Å². The number of aryl methyl sites for hydroxylation is 2. The van der Waals surface area contributed by atoms with Crippen molar-refractivity contribution in [2.24, 2.45) is 0 Å². The molecule has 0 unspecified atom stereocenters. The summed E-state index contributed by atoms with van der Waals surface area (Å²) in [4.78, 5) is 0. The van der Waals surface area contributed by atoms with Crippen molar-refractivity contribution in [3.05, 3.63) is 53.3 Å². The molecule has 3 rings (SSSR count). The van der Waals surface area contributed by atoms with Crippen LogP contribution in [0.5, 0.6) is 0 Å². The molecule has 2 aromatic carbocycles. The average Bonchev–Trinajstić information content (AvgIpc) is 2.90. The maximum absolute atomic E-state index is 13.4. The minimum Gasteiger partial charge on any atom is -0.399 e. The topological polar surface area (TPSA) is 69.6 Å². The predicted octanol–water partition coefficient (Wildman–Crippen LogP) is 2.67. The molecule has 3 aromatic rings. The third kappa shape index (κ3) is 2.47. The zero-order valence-electron chi connectivity index (χ0n) is 11.7. The maximum Gasteiger partial charge on any atom is 0.187 e. The smallest absolute Gasteiger partial charge is 0.187 e. The summed E-state index contributed by atoms with van der Waals surface area (Å²) in [5, 5.41) is 11.7. The molecule has 0 saturated carbocycles. The molecule has 21 heavy (non-hydrogen) atoms. The number of nitrogen functional groups attached to an aromatic ring is 1. The molecular weight excluding hydrogens is 269 g/mol. The van der Waals surface area contributed by atoms with Crippen LogP contribution in [-0.2, 0) is 0 Å². The molecule has 0 aliphatic carbocycles. The van der Waals surface area contributed by atoms with Crippen molar-refractivity contribution in [3.63, 3.8) is 0 Å². The number of aromatic nitrogens is 4. The van der Waals surface area contributed by atoms with Crippen LogP contribution in [-0.4, -0.2) is 20.2 Å². The van der Waals surface area contributed by atoms with Gasteiger partial charge in [0, 0.05) is 11.3 Å². The van der Waals surface area contributed by atoms with Crippen LogP contribution in [0.15, 0.2) is 36.4 Å². The van der Waals surface area contributed by atoms with Crippen LogP contribution in [0.25, 0.3) is 17.1 Å². The van der Waals surface area contributed by atoms with E-state index in [0.717, 1.165) is 11.1 Å². The van der Waals surface area contributed by atoms with Crippen LogP contribution >= 0.6 is 0 Å². The van der Waals surface area contributed by atoms with Gasteiger partial charge >= 0.3 is 0 Å². The number of nitrogens with zero attached hydrogens (tertiary/aromatic N) is 4. The summed E-state index contributed by atoms with van der Waals surface area (Å²) in [6, 6.07) is 10.4.